The van der Waals surface area contributed by atoms with Crippen LogP contribution in [0.1, 0.15) is 11.1 Å². The summed E-state index contributed by atoms with van der Waals surface area (Å²) >= 11 is 5.67. The Morgan fingerprint density at radius 2 is 1.65 bits per heavy atom. The normalized spacial score (nSPS) is 10.2. The Balaban J connectivity index is 1.77. The monoisotopic (exact) mass is 364 g/mol. The lowest BCUT2D eigenvalue weighted by Gasteiger charge is -2.26. The van der Waals surface area contributed by atoms with Gasteiger partial charge in [-0.25, -0.2) is 0 Å². The lowest BCUT2D eigenvalue weighted by Crippen LogP contribution is -2.33. The van der Waals surface area contributed by atoms with Gasteiger partial charge < -0.3 is 15.0 Å². The minimum atomic E-state index is 0.631. The van der Waals surface area contributed by atoms with Crippen LogP contribution in [0.2, 0.25) is 0 Å². The van der Waals surface area contributed by atoms with Crippen molar-refractivity contribution in [3.05, 3.63) is 84.4 Å². The van der Waals surface area contributed by atoms with Crippen molar-refractivity contribution in [1.29, 1.82) is 0 Å². The van der Waals surface area contributed by atoms with Crippen LogP contribution in [-0.4, -0.2) is 27.1 Å². The Bertz CT molecular complexity index is 801. The molecule has 0 amide bonds. The van der Waals surface area contributed by atoms with Crippen molar-refractivity contribution in [2.45, 2.75) is 13.1 Å². The maximum absolute atomic E-state index is 5.67. The molecule has 132 valence electrons. The highest BCUT2D eigenvalue weighted by atomic mass is 32.1. The number of rotatable bonds is 6. The van der Waals surface area contributed by atoms with Gasteiger partial charge in [-0.2, -0.15) is 0 Å². The molecule has 0 aliphatic carbocycles. The summed E-state index contributed by atoms with van der Waals surface area (Å²) in [6, 6.07) is 15.6. The number of hydrogen-bond donors (Lipinski definition) is 1. The Morgan fingerprint density at radius 3 is 2.19 bits per heavy atom. The van der Waals surface area contributed by atoms with Gasteiger partial charge in [0.05, 0.1) is 7.11 Å². The number of pyridine rings is 2. The van der Waals surface area contributed by atoms with E-state index in [1.165, 1.54) is 0 Å². The van der Waals surface area contributed by atoms with Crippen LogP contribution in [0.4, 0.5) is 5.69 Å². The minimum Gasteiger partial charge on any atom is -0.497 e. The second kappa shape index (κ2) is 8.92. The van der Waals surface area contributed by atoms with E-state index in [9.17, 15) is 0 Å². The van der Waals surface area contributed by atoms with Crippen molar-refractivity contribution in [3.63, 3.8) is 0 Å². The number of benzene rings is 1. The summed E-state index contributed by atoms with van der Waals surface area (Å²) in [5.74, 6) is 0.781. The fourth-order valence-electron chi connectivity index (χ4n) is 2.53. The molecule has 26 heavy (non-hydrogen) atoms. The molecule has 2 aromatic heterocycles. The average molecular weight is 364 g/mol. The van der Waals surface area contributed by atoms with Gasteiger partial charge in [0.2, 0.25) is 0 Å². The SMILES string of the molecule is COc1cccc(NC(=S)N(Cc2cccnc2)Cc2cccnc2)c1. The lowest BCUT2D eigenvalue weighted by atomic mass is 10.2. The van der Waals surface area contributed by atoms with Crippen molar-refractivity contribution in [3.8, 4) is 5.75 Å². The summed E-state index contributed by atoms with van der Waals surface area (Å²) in [6.07, 6.45) is 7.23. The molecule has 2 heterocycles. The number of aromatic nitrogens is 2. The molecule has 0 atom stereocenters. The van der Waals surface area contributed by atoms with Crippen LogP contribution in [0.5, 0.6) is 5.75 Å². The second-order valence-corrected chi connectivity index (χ2v) is 6.13. The van der Waals surface area contributed by atoms with Gasteiger partial charge in [0.1, 0.15) is 5.75 Å². The Morgan fingerprint density at radius 1 is 1.00 bits per heavy atom. The lowest BCUT2D eigenvalue weighted by molar-refractivity contribution is 0.411. The van der Waals surface area contributed by atoms with E-state index in [1.807, 2.05) is 60.9 Å². The quantitative estimate of drug-likeness (QED) is 0.670. The Hall–Kier alpha value is -2.99. The number of ether oxygens (including phenoxy) is 1. The molecule has 0 radical (unpaired) electrons. The molecule has 0 bridgehead atoms. The van der Waals surface area contributed by atoms with Gasteiger partial charge in [-0.3, -0.25) is 9.97 Å². The number of nitrogens with one attached hydrogen (secondary N) is 1. The number of nitrogens with zero attached hydrogens (tertiary/aromatic N) is 3. The number of thiocarbonyl (C=S) groups is 1. The van der Waals surface area contributed by atoms with E-state index < -0.39 is 0 Å². The number of anilines is 1. The van der Waals surface area contributed by atoms with Crippen molar-refractivity contribution in [2.24, 2.45) is 0 Å². The maximum Gasteiger partial charge on any atom is 0.174 e. The molecule has 3 aromatic rings. The minimum absolute atomic E-state index is 0.631. The summed E-state index contributed by atoms with van der Waals surface area (Å²) in [5.41, 5.74) is 3.06. The first-order valence-corrected chi connectivity index (χ1v) is 8.63. The zero-order valence-electron chi connectivity index (χ0n) is 14.5. The van der Waals surface area contributed by atoms with Crippen molar-refractivity contribution in [2.75, 3.05) is 12.4 Å². The second-order valence-electron chi connectivity index (χ2n) is 5.74. The topological polar surface area (TPSA) is 50.3 Å². The van der Waals surface area contributed by atoms with Crippen molar-refractivity contribution < 1.29 is 4.74 Å². The van der Waals surface area contributed by atoms with Crippen LogP contribution in [-0.2, 0) is 13.1 Å². The molecule has 1 aromatic carbocycles. The standard InChI is InChI=1S/C20H20N4OS/c1-25-19-8-2-7-18(11-19)23-20(26)24(14-16-5-3-9-21-12-16)15-17-6-4-10-22-13-17/h2-13H,14-15H2,1H3,(H,23,26). The van der Waals surface area contributed by atoms with Crippen LogP contribution in [0.3, 0.4) is 0 Å². The third kappa shape index (κ3) is 5.00. The van der Waals surface area contributed by atoms with E-state index in [0.717, 1.165) is 22.6 Å². The third-order valence-corrected chi connectivity index (χ3v) is 4.16. The largest absolute Gasteiger partial charge is 0.497 e. The first-order valence-electron chi connectivity index (χ1n) is 8.22. The smallest absolute Gasteiger partial charge is 0.174 e. The highest BCUT2D eigenvalue weighted by molar-refractivity contribution is 7.80. The molecule has 0 saturated carbocycles. The predicted molar refractivity (Wildman–Crippen MR) is 107 cm³/mol. The Labute approximate surface area is 158 Å². The van der Waals surface area contributed by atoms with E-state index in [0.29, 0.717) is 18.2 Å². The predicted octanol–water partition coefficient (Wildman–Crippen LogP) is 3.88. The molecule has 5 nitrogen and oxygen atoms in total. The molecule has 0 spiro atoms. The average Bonchev–Trinajstić information content (AvgIpc) is 2.69. The van der Waals surface area contributed by atoms with Gasteiger partial charge in [0, 0.05) is 49.6 Å². The highest BCUT2D eigenvalue weighted by Gasteiger charge is 2.12. The van der Waals surface area contributed by atoms with Crippen LogP contribution < -0.4 is 10.1 Å². The first-order chi connectivity index (χ1) is 12.7. The van der Waals surface area contributed by atoms with E-state index in [-0.39, 0.29) is 0 Å². The van der Waals surface area contributed by atoms with Crippen LogP contribution in [0, 0.1) is 0 Å². The first kappa shape index (κ1) is 17.8. The third-order valence-electron chi connectivity index (χ3n) is 3.80. The summed E-state index contributed by atoms with van der Waals surface area (Å²) in [4.78, 5) is 10.5. The molecule has 0 saturated heterocycles. The molecule has 1 N–H and O–H groups in total. The molecule has 3 rings (SSSR count). The van der Waals surface area contributed by atoms with E-state index in [2.05, 4.69) is 20.2 Å². The number of methoxy groups -OCH3 is 1. The van der Waals surface area contributed by atoms with Gasteiger partial charge in [-0.15, -0.1) is 0 Å². The van der Waals surface area contributed by atoms with Gasteiger partial charge in [-0.1, -0.05) is 18.2 Å². The Kier molecular flexibility index (Phi) is 6.11. The fourth-order valence-corrected chi connectivity index (χ4v) is 2.77. The zero-order chi connectivity index (χ0) is 18.2. The van der Waals surface area contributed by atoms with Gasteiger partial charge in [0.15, 0.2) is 5.11 Å². The van der Waals surface area contributed by atoms with Crippen LogP contribution in [0.25, 0.3) is 0 Å². The summed E-state index contributed by atoms with van der Waals surface area (Å²) in [5, 5.41) is 3.92. The van der Waals surface area contributed by atoms with Crippen LogP contribution >= 0.6 is 12.2 Å². The fraction of sp³-hybridized carbons (Fsp3) is 0.150. The van der Waals surface area contributed by atoms with Crippen LogP contribution in [0.15, 0.2) is 73.3 Å². The summed E-state index contributed by atoms with van der Waals surface area (Å²) in [6.45, 7) is 1.30. The molecule has 0 fully saturated rings. The van der Waals surface area contributed by atoms with E-state index in [4.69, 9.17) is 17.0 Å². The van der Waals surface area contributed by atoms with Gasteiger partial charge in [-0.05, 0) is 47.6 Å². The van der Waals surface area contributed by atoms with Gasteiger partial charge >= 0.3 is 0 Å². The van der Waals surface area contributed by atoms with Crippen molar-refractivity contribution >= 4 is 23.0 Å². The molecule has 0 unspecified atom stereocenters. The molecule has 0 aliphatic heterocycles. The molecular weight excluding hydrogens is 344 g/mol. The van der Waals surface area contributed by atoms with E-state index >= 15 is 0 Å². The number of hydrogen-bond acceptors (Lipinski definition) is 4. The molecule has 0 aliphatic rings. The maximum atomic E-state index is 5.67. The van der Waals surface area contributed by atoms with Crippen molar-refractivity contribution in [1.82, 2.24) is 14.9 Å². The zero-order valence-corrected chi connectivity index (χ0v) is 15.3. The van der Waals surface area contributed by atoms with E-state index in [1.54, 1.807) is 19.5 Å². The summed E-state index contributed by atoms with van der Waals surface area (Å²) < 4.78 is 5.27. The highest BCUT2D eigenvalue weighted by Crippen LogP contribution is 2.18. The summed E-state index contributed by atoms with van der Waals surface area (Å²) in [7, 11) is 1.65. The molecular formula is C20H20N4OS. The molecule has 6 heteroatoms. The van der Waals surface area contributed by atoms with Gasteiger partial charge in [0.25, 0.3) is 0 Å².